The molecule has 0 fully saturated rings. The van der Waals surface area contributed by atoms with Gasteiger partial charge in [-0.05, 0) is 24.6 Å². The van der Waals surface area contributed by atoms with Gasteiger partial charge in [0.15, 0.2) is 11.5 Å². The zero-order valence-corrected chi connectivity index (χ0v) is 15.0. The molecule has 0 radical (unpaired) electrons. The number of carbonyl (C=O) groups excluding carboxylic acids is 1. The van der Waals surface area contributed by atoms with Crippen LogP contribution in [0.5, 0.6) is 17.4 Å². The molecule has 0 spiro atoms. The summed E-state index contributed by atoms with van der Waals surface area (Å²) in [7, 11) is 2.92. The maximum absolute atomic E-state index is 12.3. The lowest BCUT2D eigenvalue weighted by Crippen LogP contribution is -2.20. The topological polar surface area (TPSA) is 111 Å². The molecule has 8 nitrogen and oxygen atoms in total. The van der Waals surface area contributed by atoms with E-state index in [1.54, 1.807) is 25.1 Å². The van der Waals surface area contributed by atoms with Gasteiger partial charge in [0.1, 0.15) is 5.58 Å². The highest BCUT2D eigenvalue weighted by molar-refractivity contribution is 5.93. The number of anilines is 1. The number of methoxy groups -OCH3 is 2. The summed E-state index contributed by atoms with van der Waals surface area (Å²) in [5.41, 5.74) is 0.888. The van der Waals surface area contributed by atoms with Gasteiger partial charge < -0.3 is 24.3 Å². The first-order valence-corrected chi connectivity index (χ1v) is 8.06. The zero-order valence-electron chi connectivity index (χ0n) is 15.0. The van der Waals surface area contributed by atoms with E-state index in [4.69, 9.17) is 13.9 Å². The highest BCUT2D eigenvalue weighted by Gasteiger charge is 2.17. The van der Waals surface area contributed by atoms with Crippen molar-refractivity contribution >= 4 is 22.6 Å². The number of ether oxygens (including phenoxy) is 2. The van der Waals surface area contributed by atoms with Gasteiger partial charge in [-0.25, -0.2) is 9.78 Å². The Hall–Kier alpha value is -3.55. The fourth-order valence-electron chi connectivity index (χ4n) is 2.71. The quantitative estimate of drug-likeness (QED) is 0.663. The number of aryl methyl sites for hydroxylation is 1. The molecule has 0 unspecified atom stereocenters. The number of rotatable bonds is 5. The van der Waals surface area contributed by atoms with Gasteiger partial charge in [-0.1, -0.05) is 0 Å². The smallest absolute Gasteiger partial charge is 0.340 e. The first-order valence-electron chi connectivity index (χ1n) is 8.06. The van der Waals surface area contributed by atoms with Gasteiger partial charge in [-0.15, -0.1) is 0 Å². The molecule has 0 atom stereocenters. The molecule has 140 valence electrons. The van der Waals surface area contributed by atoms with Crippen molar-refractivity contribution in [1.82, 2.24) is 4.98 Å². The van der Waals surface area contributed by atoms with Crippen LogP contribution in [0.15, 0.2) is 39.7 Å². The third-order valence-corrected chi connectivity index (χ3v) is 4.15. The number of phenols is 1. The van der Waals surface area contributed by atoms with Crippen molar-refractivity contribution in [2.24, 2.45) is 0 Å². The molecule has 0 saturated heterocycles. The normalized spacial score (nSPS) is 10.6. The number of phenolic OH excluding ortho intramolecular Hbond substituents is 1. The molecule has 1 amide bonds. The third-order valence-electron chi connectivity index (χ3n) is 4.15. The fourth-order valence-corrected chi connectivity index (χ4v) is 2.71. The summed E-state index contributed by atoms with van der Waals surface area (Å²) >= 11 is 0. The lowest BCUT2D eigenvalue weighted by Gasteiger charge is -2.10. The predicted octanol–water partition coefficient (Wildman–Crippen LogP) is 2.40. The summed E-state index contributed by atoms with van der Waals surface area (Å²) in [4.78, 5) is 28.6. The van der Waals surface area contributed by atoms with Crippen LogP contribution < -0.4 is 20.4 Å². The Kier molecular flexibility index (Phi) is 4.98. The molecule has 0 aliphatic heterocycles. The van der Waals surface area contributed by atoms with E-state index in [0.717, 1.165) is 0 Å². The summed E-state index contributed by atoms with van der Waals surface area (Å²) in [6.07, 6.45) is 1.29. The Balaban J connectivity index is 1.90. The van der Waals surface area contributed by atoms with Crippen LogP contribution in [0.25, 0.3) is 11.0 Å². The van der Waals surface area contributed by atoms with Crippen LogP contribution >= 0.6 is 0 Å². The minimum Gasteiger partial charge on any atom is -0.504 e. The van der Waals surface area contributed by atoms with Gasteiger partial charge in [-0.3, -0.25) is 4.79 Å². The Bertz CT molecular complexity index is 1060. The van der Waals surface area contributed by atoms with Gasteiger partial charge >= 0.3 is 5.63 Å². The molecule has 0 aliphatic carbocycles. The number of benzene rings is 1. The second-order valence-corrected chi connectivity index (χ2v) is 5.83. The zero-order chi connectivity index (χ0) is 19.6. The van der Waals surface area contributed by atoms with Crippen molar-refractivity contribution < 1.29 is 23.8 Å². The van der Waals surface area contributed by atoms with Crippen molar-refractivity contribution in [3.05, 3.63) is 52.0 Å². The van der Waals surface area contributed by atoms with Crippen molar-refractivity contribution in [3.63, 3.8) is 0 Å². The van der Waals surface area contributed by atoms with Crippen LogP contribution in [0.1, 0.15) is 11.1 Å². The number of nitrogens with one attached hydrogen (secondary N) is 1. The lowest BCUT2D eigenvalue weighted by atomic mass is 10.0. The van der Waals surface area contributed by atoms with Gasteiger partial charge in [-0.2, -0.15) is 0 Å². The molecule has 3 aromatic rings. The number of fused-ring (bicyclic) bond motifs is 1. The van der Waals surface area contributed by atoms with E-state index in [1.807, 2.05) is 0 Å². The van der Waals surface area contributed by atoms with Crippen LogP contribution in [0.2, 0.25) is 0 Å². The molecule has 2 aromatic heterocycles. The van der Waals surface area contributed by atoms with E-state index >= 15 is 0 Å². The Morgan fingerprint density at radius 2 is 2.04 bits per heavy atom. The van der Waals surface area contributed by atoms with Gasteiger partial charge in [0.05, 0.1) is 38.1 Å². The average Bonchev–Trinajstić information content (AvgIpc) is 2.65. The molecule has 2 heterocycles. The van der Waals surface area contributed by atoms with Crippen molar-refractivity contribution in [2.75, 3.05) is 19.5 Å². The molecule has 0 saturated carbocycles. The number of carbonyl (C=O) groups is 1. The van der Waals surface area contributed by atoms with Crippen LogP contribution in [-0.4, -0.2) is 30.2 Å². The second-order valence-electron chi connectivity index (χ2n) is 5.83. The Morgan fingerprint density at radius 3 is 2.67 bits per heavy atom. The molecule has 0 aliphatic rings. The van der Waals surface area contributed by atoms with Gasteiger partial charge in [0.25, 0.3) is 0 Å². The summed E-state index contributed by atoms with van der Waals surface area (Å²) < 4.78 is 15.3. The number of aromatic nitrogens is 1. The number of hydrogen-bond acceptors (Lipinski definition) is 7. The van der Waals surface area contributed by atoms with Crippen molar-refractivity contribution in [2.45, 2.75) is 13.3 Å². The van der Waals surface area contributed by atoms with E-state index in [2.05, 4.69) is 10.3 Å². The average molecular weight is 370 g/mol. The monoisotopic (exact) mass is 370 g/mol. The predicted molar refractivity (Wildman–Crippen MR) is 98.6 cm³/mol. The minimum atomic E-state index is -0.632. The Labute approximate surface area is 154 Å². The lowest BCUT2D eigenvalue weighted by molar-refractivity contribution is -0.115. The van der Waals surface area contributed by atoms with Crippen LogP contribution in [-0.2, 0) is 11.2 Å². The molecule has 8 heteroatoms. The van der Waals surface area contributed by atoms with Gasteiger partial charge in [0, 0.05) is 17.5 Å². The maximum atomic E-state index is 12.3. The largest absolute Gasteiger partial charge is 0.504 e. The third kappa shape index (κ3) is 3.69. The molecule has 2 N–H and O–H groups in total. The fraction of sp³-hybridized carbons (Fsp3) is 0.211. The first kappa shape index (κ1) is 18.2. The molecular weight excluding hydrogens is 352 g/mol. The van der Waals surface area contributed by atoms with E-state index in [9.17, 15) is 14.7 Å². The number of aromatic hydroxyl groups is 1. The molecule has 3 rings (SSSR count). The summed E-state index contributed by atoms with van der Waals surface area (Å²) in [5, 5.41) is 13.1. The number of amides is 1. The molecular formula is C19H18N2O6. The summed E-state index contributed by atoms with van der Waals surface area (Å²) in [6.45, 7) is 1.72. The number of nitrogens with zero attached hydrogens (tertiary/aromatic N) is 1. The van der Waals surface area contributed by atoms with E-state index in [0.29, 0.717) is 22.5 Å². The van der Waals surface area contributed by atoms with E-state index in [1.165, 1.54) is 26.5 Å². The van der Waals surface area contributed by atoms with Crippen LogP contribution in [0.4, 0.5) is 5.69 Å². The SMILES string of the molecule is COc1ccc(NC(=O)Cc2c(C)c3cc(OC)c(O)cc3oc2=O)cn1. The van der Waals surface area contributed by atoms with Crippen LogP contribution in [0, 0.1) is 6.92 Å². The molecule has 1 aromatic carbocycles. The van der Waals surface area contributed by atoms with Crippen molar-refractivity contribution in [3.8, 4) is 17.4 Å². The van der Waals surface area contributed by atoms with Crippen LogP contribution in [0.3, 0.4) is 0 Å². The maximum Gasteiger partial charge on any atom is 0.340 e. The molecule has 0 bridgehead atoms. The number of pyridine rings is 1. The van der Waals surface area contributed by atoms with E-state index < -0.39 is 5.63 Å². The minimum absolute atomic E-state index is 0.134. The summed E-state index contributed by atoms with van der Waals surface area (Å²) in [6, 6.07) is 6.14. The standard InChI is InChI=1S/C19H18N2O6/c1-10-12-6-16(25-2)14(22)8-15(12)27-19(24)13(10)7-17(23)21-11-4-5-18(26-3)20-9-11/h4-6,8-9,22H,7H2,1-3H3,(H,21,23). The highest BCUT2D eigenvalue weighted by Crippen LogP contribution is 2.32. The second kappa shape index (κ2) is 7.36. The molecule has 27 heavy (non-hydrogen) atoms. The van der Waals surface area contributed by atoms with E-state index in [-0.39, 0.29) is 35.0 Å². The van der Waals surface area contributed by atoms with Gasteiger partial charge in [0.2, 0.25) is 11.8 Å². The Morgan fingerprint density at radius 1 is 1.26 bits per heavy atom. The van der Waals surface area contributed by atoms with Crippen molar-refractivity contribution in [1.29, 1.82) is 0 Å². The summed E-state index contributed by atoms with van der Waals surface area (Å²) in [5.74, 6) is 0.155. The highest BCUT2D eigenvalue weighted by atomic mass is 16.5. The first-order chi connectivity index (χ1) is 12.9. The number of hydrogen-bond donors (Lipinski definition) is 2.